The Hall–Kier alpha value is -2.55. The second kappa shape index (κ2) is 5.58. The van der Waals surface area contributed by atoms with E-state index in [0.29, 0.717) is 11.5 Å². The molecular formula is C18H16N4S. The van der Waals surface area contributed by atoms with E-state index in [1.807, 2.05) is 17.5 Å². The van der Waals surface area contributed by atoms with E-state index < -0.39 is 5.41 Å². The van der Waals surface area contributed by atoms with Crippen molar-refractivity contribution in [1.29, 1.82) is 15.8 Å². The van der Waals surface area contributed by atoms with Crippen molar-refractivity contribution >= 4 is 11.3 Å². The number of rotatable bonds is 1. The summed E-state index contributed by atoms with van der Waals surface area (Å²) in [6, 6.07) is 10.3. The van der Waals surface area contributed by atoms with Gasteiger partial charge in [-0.2, -0.15) is 15.8 Å². The Balaban J connectivity index is 2.33. The lowest BCUT2D eigenvalue weighted by molar-refractivity contribution is 0.287. The number of fused-ring (bicyclic) bond motifs is 1. The molecule has 1 aromatic heterocycles. The largest absolute Gasteiger partial charge is 0.399 e. The Morgan fingerprint density at radius 3 is 2.61 bits per heavy atom. The van der Waals surface area contributed by atoms with Crippen molar-refractivity contribution in [2.24, 2.45) is 23.0 Å². The molecule has 0 bridgehead atoms. The molecule has 0 saturated heterocycles. The minimum Gasteiger partial charge on any atom is -0.399 e. The highest BCUT2D eigenvalue weighted by Gasteiger charge is 2.54. The topological polar surface area (TPSA) is 97.4 Å². The van der Waals surface area contributed by atoms with Crippen LogP contribution in [-0.4, -0.2) is 0 Å². The number of thiophene rings is 1. The van der Waals surface area contributed by atoms with Crippen LogP contribution in [0.1, 0.15) is 30.6 Å². The van der Waals surface area contributed by atoms with E-state index in [0.717, 1.165) is 23.3 Å². The van der Waals surface area contributed by atoms with Crippen LogP contribution in [0, 0.1) is 51.2 Å². The van der Waals surface area contributed by atoms with Crippen molar-refractivity contribution in [3.8, 4) is 18.2 Å². The van der Waals surface area contributed by atoms with Gasteiger partial charge in [0, 0.05) is 10.8 Å². The van der Waals surface area contributed by atoms with Crippen LogP contribution < -0.4 is 5.73 Å². The van der Waals surface area contributed by atoms with E-state index in [1.54, 1.807) is 0 Å². The SMILES string of the molecule is C[C@H]1CC=C2C(C#N)=C(N)C(C#N)(C#N)[C@@H](c3cccs3)[C@H]2C1. The molecule has 1 aromatic rings. The van der Waals surface area contributed by atoms with Gasteiger partial charge in [-0.15, -0.1) is 11.3 Å². The van der Waals surface area contributed by atoms with Gasteiger partial charge in [0.1, 0.15) is 6.07 Å². The zero-order chi connectivity index (χ0) is 16.6. The molecule has 2 aliphatic rings. The van der Waals surface area contributed by atoms with Gasteiger partial charge in [-0.25, -0.2) is 0 Å². The zero-order valence-corrected chi connectivity index (χ0v) is 13.6. The lowest BCUT2D eigenvalue weighted by atomic mass is 9.57. The van der Waals surface area contributed by atoms with E-state index in [9.17, 15) is 15.8 Å². The van der Waals surface area contributed by atoms with Crippen LogP contribution in [-0.2, 0) is 0 Å². The smallest absolute Gasteiger partial charge is 0.192 e. The van der Waals surface area contributed by atoms with Crippen LogP contribution in [0.25, 0.3) is 0 Å². The summed E-state index contributed by atoms with van der Waals surface area (Å²) in [6.07, 6.45) is 3.83. The molecule has 2 aliphatic carbocycles. The molecule has 0 spiro atoms. The maximum Gasteiger partial charge on any atom is 0.192 e. The van der Waals surface area contributed by atoms with Gasteiger partial charge in [0.15, 0.2) is 5.41 Å². The number of allylic oxidation sites excluding steroid dienone is 4. The zero-order valence-electron chi connectivity index (χ0n) is 12.8. The van der Waals surface area contributed by atoms with Crippen LogP contribution in [0.2, 0.25) is 0 Å². The van der Waals surface area contributed by atoms with Crippen molar-refractivity contribution in [1.82, 2.24) is 0 Å². The van der Waals surface area contributed by atoms with Crippen molar-refractivity contribution in [3.63, 3.8) is 0 Å². The second-order valence-corrected chi connectivity index (χ2v) is 7.25. The fourth-order valence-electron chi connectivity index (χ4n) is 3.85. The van der Waals surface area contributed by atoms with Gasteiger partial charge in [-0.05, 0) is 41.7 Å². The summed E-state index contributed by atoms with van der Waals surface area (Å²) in [4.78, 5) is 0.984. The first-order chi connectivity index (χ1) is 11.1. The van der Waals surface area contributed by atoms with Crippen molar-refractivity contribution in [2.45, 2.75) is 25.7 Å². The predicted molar refractivity (Wildman–Crippen MR) is 87.5 cm³/mol. The van der Waals surface area contributed by atoms with Crippen LogP contribution in [0.3, 0.4) is 0 Å². The molecule has 0 aliphatic heterocycles. The first-order valence-corrected chi connectivity index (χ1v) is 8.43. The van der Waals surface area contributed by atoms with Gasteiger partial charge < -0.3 is 5.73 Å². The normalized spacial score (nSPS) is 28.8. The lowest BCUT2D eigenvalue weighted by Gasteiger charge is -2.43. The fourth-order valence-corrected chi connectivity index (χ4v) is 4.81. The summed E-state index contributed by atoms with van der Waals surface area (Å²) in [5.41, 5.74) is 6.09. The Bertz CT molecular complexity index is 797. The van der Waals surface area contributed by atoms with E-state index in [-0.39, 0.29) is 17.5 Å². The summed E-state index contributed by atoms with van der Waals surface area (Å²) < 4.78 is 0. The molecule has 0 fully saturated rings. The number of nitriles is 3. The third-order valence-corrected chi connectivity index (χ3v) is 5.92. The molecule has 23 heavy (non-hydrogen) atoms. The molecule has 1 heterocycles. The quantitative estimate of drug-likeness (QED) is 0.855. The van der Waals surface area contributed by atoms with E-state index >= 15 is 0 Å². The highest BCUT2D eigenvalue weighted by atomic mass is 32.1. The van der Waals surface area contributed by atoms with E-state index in [1.165, 1.54) is 11.3 Å². The summed E-state index contributed by atoms with van der Waals surface area (Å²) in [7, 11) is 0. The third-order valence-electron chi connectivity index (χ3n) is 4.96. The molecule has 3 atom stereocenters. The Morgan fingerprint density at radius 1 is 1.30 bits per heavy atom. The van der Waals surface area contributed by atoms with E-state index in [4.69, 9.17) is 5.73 Å². The first kappa shape index (κ1) is 15.3. The van der Waals surface area contributed by atoms with Crippen LogP contribution >= 0.6 is 11.3 Å². The maximum atomic E-state index is 9.84. The average Bonchev–Trinajstić information content (AvgIpc) is 3.08. The molecule has 5 heteroatoms. The molecule has 114 valence electrons. The molecule has 4 nitrogen and oxygen atoms in total. The third kappa shape index (κ3) is 2.07. The number of nitrogens with two attached hydrogens (primary N) is 1. The van der Waals surface area contributed by atoms with Gasteiger partial charge in [-0.1, -0.05) is 19.1 Å². The van der Waals surface area contributed by atoms with E-state index in [2.05, 4.69) is 31.2 Å². The van der Waals surface area contributed by atoms with Gasteiger partial charge in [-0.3, -0.25) is 0 Å². The molecule has 2 N–H and O–H groups in total. The summed E-state index contributed by atoms with van der Waals surface area (Å²) in [6.45, 7) is 2.16. The van der Waals surface area contributed by atoms with Crippen molar-refractivity contribution < 1.29 is 0 Å². The standard InChI is InChI=1S/C18H16N4S/c1-11-4-5-12-13(7-11)16(15-3-2-6-23-15)18(9-20,10-21)17(22)14(12)8-19/h2-3,5-6,11,13,16H,4,7,22H2,1H3/t11-,13-,16+/m0/s1. The van der Waals surface area contributed by atoms with Crippen molar-refractivity contribution in [3.05, 3.63) is 45.3 Å². The maximum absolute atomic E-state index is 9.84. The molecule has 3 rings (SSSR count). The Morgan fingerprint density at radius 2 is 2.04 bits per heavy atom. The number of hydrogen-bond donors (Lipinski definition) is 1. The molecule has 0 amide bonds. The highest BCUT2D eigenvalue weighted by molar-refractivity contribution is 7.10. The van der Waals surface area contributed by atoms with Gasteiger partial charge >= 0.3 is 0 Å². The van der Waals surface area contributed by atoms with Gasteiger partial charge in [0.05, 0.1) is 23.4 Å². The van der Waals surface area contributed by atoms with Crippen LogP contribution in [0.15, 0.2) is 40.4 Å². The Kier molecular flexibility index (Phi) is 3.72. The monoisotopic (exact) mass is 320 g/mol. The van der Waals surface area contributed by atoms with Crippen molar-refractivity contribution in [2.75, 3.05) is 0 Å². The first-order valence-electron chi connectivity index (χ1n) is 7.55. The fraction of sp³-hybridized carbons (Fsp3) is 0.389. The second-order valence-electron chi connectivity index (χ2n) is 6.27. The molecule has 0 unspecified atom stereocenters. The number of hydrogen-bond acceptors (Lipinski definition) is 5. The summed E-state index contributed by atoms with van der Waals surface area (Å²) in [5, 5.41) is 31.2. The van der Waals surface area contributed by atoms with Gasteiger partial charge in [0.2, 0.25) is 0 Å². The lowest BCUT2D eigenvalue weighted by Crippen LogP contribution is -2.43. The highest BCUT2D eigenvalue weighted by Crippen LogP contribution is 2.57. The predicted octanol–water partition coefficient (Wildman–Crippen LogP) is 3.59. The molecular weight excluding hydrogens is 304 g/mol. The van der Waals surface area contributed by atoms with Crippen LogP contribution in [0.4, 0.5) is 0 Å². The molecule has 0 aromatic carbocycles. The molecule has 0 saturated carbocycles. The van der Waals surface area contributed by atoms with Gasteiger partial charge in [0.25, 0.3) is 0 Å². The number of nitrogens with zero attached hydrogens (tertiary/aromatic N) is 3. The summed E-state index contributed by atoms with van der Waals surface area (Å²) >= 11 is 1.54. The van der Waals surface area contributed by atoms with Crippen LogP contribution in [0.5, 0.6) is 0 Å². The average molecular weight is 320 g/mol. The Labute approximate surface area is 139 Å². The minimum atomic E-state index is -1.48. The molecule has 0 radical (unpaired) electrons. The minimum absolute atomic E-state index is 0.0151. The summed E-state index contributed by atoms with van der Waals surface area (Å²) in [5.74, 6) is 0.128.